The van der Waals surface area contributed by atoms with Crippen LogP contribution in [0.5, 0.6) is 0 Å². The van der Waals surface area contributed by atoms with Crippen LogP contribution in [0, 0.1) is 0 Å². The van der Waals surface area contributed by atoms with Crippen LogP contribution in [0.25, 0.3) is 11.5 Å². The zero-order valence-electron chi connectivity index (χ0n) is 14.5. The molecule has 0 aliphatic carbocycles. The molecule has 1 aliphatic heterocycles. The van der Waals surface area contributed by atoms with Crippen molar-refractivity contribution < 1.29 is 9.59 Å². The highest BCUT2D eigenvalue weighted by molar-refractivity contribution is 6.10. The molecule has 1 N–H and O–H groups in total. The normalized spacial score (nSPS) is 13.0. The molecular formula is C20H17N5O2. The molecule has 2 aromatic heterocycles. The number of rotatable bonds is 5. The number of carbonyl (C=O) groups excluding carboxylic acids is 2. The van der Waals surface area contributed by atoms with Gasteiger partial charge in [0.25, 0.3) is 5.91 Å². The number of pyridine rings is 1. The van der Waals surface area contributed by atoms with Gasteiger partial charge in [-0.1, -0.05) is 30.8 Å². The molecule has 0 saturated carbocycles. The van der Waals surface area contributed by atoms with Crippen molar-refractivity contribution in [2.75, 3.05) is 6.54 Å². The Morgan fingerprint density at radius 2 is 1.93 bits per heavy atom. The summed E-state index contributed by atoms with van der Waals surface area (Å²) in [6.07, 6.45) is 5.18. The van der Waals surface area contributed by atoms with Crippen LogP contribution in [0.4, 0.5) is 0 Å². The summed E-state index contributed by atoms with van der Waals surface area (Å²) in [7, 11) is 0. The molecule has 1 aliphatic rings. The van der Waals surface area contributed by atoms with E-state index in [1.165, 1.54) is 4.90 Å². The first-order chi connectivity index (χ1) is 13.1. The van der Waals surface area contributed by atoms with Crippen molar-refractivity contribution in [3.63, 3.8) is 0 Å². The maximum absolute atomic E-state index is 12.4. The van der Waals surface area contributed by atoms with Crippen molar-refractivity contribution in [3.05, 3.63) is 84.3 Å². The second kappa shape index (κ2) is 6.87. The van der Waals surface area contributed by atoms with E-state index in [0.29, 0.717) is 23.6 Å². The van der Waals surface area contributed by atoms with Crippen LogP contribution < -0.4 is 5.32 Å². The molecule has 134 valence electrons. The Morgan fingerprint density at radius 3 is 2.59 bits per heavy atom. The molecule has 1 aromatic carbocycles. The molecule has 0 spiro atoms. The predicted molar refractivity (Wildman–Crippen MR) is 99.7 cm³/mol. The van der Waals surface area contributed by atoms with Gasteiger partial charge in [-0.15, -0.1) is 0 Å². The van der Waals surface area contributed by atoms with E-state index in [-0.39, 0.29) is 18.4 Å². The van der Waals surface area contributed by atoms with Gasteiger partial charge in [-0.25, -0.2) is 9.67 Å². The van der Waals surface area contributed by atoms with Gasteiger partial charge in [-0.2, -0.15) is 5.10 Å². The highest BCUT2D eigenvalue weighted by Crippen LogP contribution is 2.30. The Hall–Kier alpha value is -3.74. The maximum atomic E-state index is 12.4. The van der Waals surface area contributed by atoms with Gasteiger partial charge in [0, 0.05) is 42.0 Å². The van der Waals surface area contributed by atoms with Crippen LogP contribution in [-0.2, 0) is 11.3 Å². The Morgan fingerprint density at radius 1 is 1.11 bits per heavy atom. The molecule has 0 bridgehead atoms. The number of hydrogen-bond donors (Lipinski definition) is 1. The van der Waals surface area contributed by atoms with Crippen molar-refractivity contribution in [1.29, 1.82) is 0 Å². The van der Waals surface area contributed by atoms with E-state index in [2.05, 4.69) is 22.0 Å². The molecule has 3 aromatic rings. The van der Waals surface area contributed by atoms with Gasteiger partial charge in [0.05, 0.1) is 0 Å². The van der Waals surface area contributed by atoms with Gasteiger partial charge in [0.1, 0.15) is 6.54 Å². The predicted octanol–water partition coefficient (Wildman–Crippen LogP) is 2.01. The SMILES string of the molecule is C=C1c2ccccc2C(=O)N1CC(=O)NCc1ccc(-n2cccn2)nc1. The standard InChI is InChI=1S/C20H17N5O2/c1-14-16-5-2-3-6-17(16)20(27)24(14)13-19(26)22-12-15-7-8-18(21-11-15)25-10-4-9-23-25/h2-11H,1,12-13H2,(H,22,26). The van der Waals surface area contributed by atoms with E-state index >= 15 is 0 Å². The lowest BCUT2D eigenvalue weighted by molar-refractivity contribution is -0.121. The minimum Gasteiger partial charge on any atom is -0.350 e. The van der Waals surface area contributed by atoms with Gasteiger partial charge in [0.2, 0.25) is 5.91 Å². The number of nitrogens with one attached hydrogen (secondary N) is 1. The van der Waals surface area contributed by atoms with Crippen LogP contribution >= 0.6 is 0 Å². The Balaban J connectivity index is 1.35. The quantitative estimate of drug-likeness (QED) is 0.756. The van der Waals surface area contributed by atoms with E-state index < -0.39 is 0 Å². The van der Waals surface area contributed by atoms with Gasteiger partial charge in [-0.05, 0) is 23.8 Å². The largest absolute Gasteiger partial charge is 0.350 e. The smallest absolute Gasteiger partial charge is 0.259 e. The van der Waals surface area contributed by atoms with E-state index in [4.69, 9.17) is 0 Å². The average Bonchev–Trinajstić information content (AvgIpc) is 3.31. The minimum absolute atomic E-state index is 0.0643. The first kappa shape index (κ1) is 16.7. The van der Waals surface area contributed by atoms with Gasteiger partial charge in [0.15, 0.2) is 5.82 Å². The zero-order valence-corrected chi connectivity index (χ0v) is 14.5. The van der Waals surface area contributed by atoms with Crippen LogP contribution in [0.15, 0.2) is 67.6 Å². The first-order valence-corrected chi connectivity index (χ1v) is 8.45. The number of benzene rings is 1. The molecule has 0 radical (unpaired) electrons. The molecular weight excluding hydrogens is 342 g/mol. The fraction of sp³-hybridized carbons (Fsp3) is 0.100. The number of amides is 2. The highest BCUT2D eigenvalue weighted by atomic mass is 16.2. The number of fused-ring (bicyclic) bond motifs is 1. The summed E-state index contributed by atoms with van der Waals surface area (Å²) in [5.74, 6) is 0.247. The van der Waals surface area contributed by atoms with Crippen LogP contribution in [-0.4, -0.2) is 38.0 Å². The summed E-state index contributed by atoms with van der Waals surface area (Å²) >= 11 is 0. The lowest BCUT2D eigenvalue weighted by atomic mass is 10.1. The van der Waals surface area contributed by atoms with Gasteiger partial charge < -0.3 is 5.32 Å². The molecule has 2 amide bonds. The van der Waals surface area contributed by atoms with Crippen molar-refractivity contribution in [2.45, 2.75) is 6.54 Å². The lowest BCUT2D eigenvalue weighted by Crippen LogP contribution is -2.36. The van der Waals surface area contributed by atoms with Crippen LogP contribution in [0.3, 0.4) is 0 Å². The minimum atomic E-state index is -0.256. The summed E-state index contributed by atoms with van der Waals surface area (Å²) in [4.78, 5) is 30.4. The second-order valence-electron chi connectivity index (χ2n) is 6.14. The van der Waals surface area contributed by atoms with Crippen LogP contribution in [0.1, 0.15) is 21.5 Å². The van der Waals surface area contributed by atoms with E-state index in [1.54, 1.807) is 29.2 Å². The van der Waals surface area contributed by atoms with Crippen molar-refractivity contribution in [3.8, 4) is 5.82 Å². The molecule has 0 unspecified atom stereocenters. The Labute approximate surface area is 155 Å². The molecule has 7 heteroatoms. The Kier molecular flexibility index (Phi) is 4.25. The first-order valence-electron chi connectivity index (χ1n) is 8.45. The lowest BCUT2D eigenvalue weighted by Gasteiger charge is -2.17. The van der Waals surface area contributed by atoms with Crippen molar-refractivity contribution in [2.24, 2.45) is 0 Å². The zero-order chi connectivity index (χ0) is 18.8. The van der Waals surface area contributed by atoms with Crippen molar-refractivity contribution >= 4 is 17.5 Å². The molecule has 27 heavy (non-hydrogen) atoms. The van der Waals surface area contributed by atoms with Gasteiger partial charge in [-0.3, -0.25) is 14.5 Å². The van der Waals surface area contributed by atoms with Crippen molar-refractivity contribution in [1.82, 2.24) is 25.0 Å². The van der Waals surface area contributed by atoms with E-state index in [1.807, 2.05) is 36.5 Å². The molecule has 0 fully saturated rings. The Bertz CT molecular complexity index is 974. The third-order valence-electron chi connectivity index (χ3n) is 4.38. The topological polar surface area (TPSA) is 80.1 Å². The third-order valence-corrected chi connectivity index (χ3v) is 4.38. The fourth-order valence-electron chi connectivity index (χ4n) is 2.96. The second-order valence-corrected chi connectivity index (χ2v) is 6.14. The summed E-state index contributed by atoms with van der Waals surface area (Å²) in [6.45, 7) is 4.20. The molecule has 3 heterocycles. The van der Waals surface area contributed by atoms with E-state index in [9.17, 15) is 9.59 Å². The number of nitrogens with zero attached hydrogens (tertiary/aromatic N) is 4. The number of aromatic nitrogens is 3. The summed E-state index contributed by atoms with van der Waals surface area (Å²) in [6, 6.07) is 12.8. The summed E-state index contributed by atoms with van der Waals surface area (Å²) in [5, 5.41) is 6.93. The third kappa shape index (κ3) is 3.22. The molecule has 0 atom stereocenters. The molecule has 0 saturated heterocycles. The van der Waals surface area contributed by atoms with Gasteiger partial charge >= 0.3 is 0 Å². The number of hydrogen-bond acceptors (Lipinski definition) is 4. The average molecular weight is 359 g/mol. The van der Waals surface area contributed by atoms with E-state index in [0.717, 1.165) is 11.1 Å². The van der Waals surface area contributed by atoms with Crippen LogP contribution in [0.2, 0.25) is 0 Å². The summed E-state index contributed by atoms with van der Waals surface area (Å²) in [5.41, 5.74) is 2.76. The monoisotopic (exact) mass is 359 g/mol. The molecule has 7 nitrogen and oxygen atoms in total. The highest BCUT2D eigenvalue weighted by Gasteiger charge is 2.31. The maximum Gasteiger partial charge on any atom is 0.259 e. The summed E-state index contributed by atoms with van der Waals surface area (Å²) < 4.78 is 1.66. The molecule has 4 rings (SSSR count). The number of carbonyl (C=O) groups is 2. The fourth-order valence-corrected chi connectivity index (χ4v) is 2.96.